The molecule has 0 N–H and O–H groups in total. The van der Waals surface area contributed by atoms with Crippen LogP contribution in [-0.4, -0.2) is 5.97 Å². The lowest BCUT2D eigenvalue weighted by atomic mass is 9.94. The van der Waals surface area contributed by atoms with Gasteiger partial charge in [-0.3, -0.25) is 0 Å². The van der Waals surface area contributed by atoms with Gasteiger partial charge in [0.15, 0.2) is 5.75 Å². The fraction of sp³-hybridized carbons (Fsp3) is 0. The van der Waals surface area contributed by atoms with Crippen LogP contribution in [0.25, 0.3) is 42.4 Å². The molecule has 5 rings (SSSR count). The normalized spacial score (nSPS) is 10.9. The first-order chi connectivity index (χ1) is 14.8. The zero-order chi connectivity index (χ0) is 20.5. The molecule has 1 heterocycles. The van der Waals surface area contributed by atoms with Crippen LogP contribution in [0.15, 0.2) is 104 Å². The number of carbonyl (C=O) groups is 1. The lowest BCUT2D eigenvalue weighted by Gasteiger charge is -2.15. The average molecular weight is 407 g/mol. The molecule has 0 saturated carbocycles. The van der Waals surface area contributed by atoms with E-state index in [9.17, 15) is 4.79 Å². The minimum atomic E-state index is -0.460. The zero-order valence-electron chi connectivity index (χ0n) is 16.2. The van der Waals surface area contributed by atoms with E-state index in [1.807, 2.05) is 60.7 Å². The molecule has 5 aromatic rings. The van der Waals surface area contributed by atoms with E-state index in [4.69, 9.17) is 4.74 Å². The molecule has 4 aromatic carbocycles. The maximum Gasteiger partial charge on any atom is 0.335 e. The van der Waals surface area contributed by atoms with Crippen molar-refractivity contribution in [3.63, 3.8) is 0 Å². The van der Waals surface area contributed by atoms with Gasteiger partial charge in [-0.1, -0.05) is 85.4 Å². The van der Waals surface area contributed by atoms with E-state index in [0.29, 0.717) is 5.75 Å². The fourth-order valence-electron chi connectivity index (χ4n) is 3.80. The summed E-state index contributed by atoms with van der Waals surface area (Å²) >= 11 is 1.65. The van der Waals surface area contributed by atoms with Crippen molar-refractivity contribution in [2.75, 3.05) is 0 Å². The Hall–Kier alpha value is -3.69. The summed E-state index contributed by atoms with van der Waals surface area (Å²) in [5, 5.41) is 2.26. The van der Waals surface area contributed by atoms with Crippen LogP contribution in [0, 0.1) is 0 Å². The van der Waals surface area contributed by atoms with Crippen LogP contribution in [0.4, 0.5) is 0 Å². The molecular formula is C27H18O2S. The molecule has 144 valence electrons. The summed E-state index contributed by atoms with van der Waals surface area (Å²) in [6.07, 6.45) is 1.21. The number of esters is 1. The summed E-state index contributed by atoms with van der Waals surface area (Å²) in [6, 6.07) is 30.8. The third-order valence-electron chi connectivity index (χ3n) is 5.14. The number of ether oxygens (including phenoxy) is 1. The van der Waals surface area contributed by atoms with E-state index in [-0.39, 0.29) is 0 Å². The second kappa shape index (κ2) is 7.62. The second-order valence-electron chi connectivity index (χ2n) is 6.96. The first kappa shape index (κ1) is 18.3. The van der Waals surface area contributed by atoms with Crippen LogP contribution in [-0.2, 0) is 4.79 Å². The Labute approximate surface area is 178 Å². The third kappa shape index (κ3) is 3.10. The molecule has 0 fully saturated rings. The lowest BCUT2D eigenvalue weighted by Crippen LogP contribution is -2.04. The smallest absolute Gasteiger partial charge is 0.335 e. The van der Waals surface area contributed by atoms with E-state index in [1.165, 1.54) is 6.08 Å². The number of thiophene rings is 1. The molecule has 0 aliphatic carbocycles. The Balaban J connectivity index is 1.95. The van der Waals surface area contributed by atoms with Crippen molar-refractivity contribution in [3.05, 3.63) is 104 Å². The van der Waals surface area contributed by atoms with Crippen LogP contribution < -0.4 is 4.74 Å². The van der Waals surface area contributed by atoms with E-state index >= 15 is 0 Å². The number of rotatable bonds is 4. The molecule has 0 spiro atoms. The van der Waals surface area contributed by atoms with Gasteiger partial charge in [-0.2, -0.15) is 0 Å². The highest BCUT2D eigenvalue weighted by molar-refractivity contribution is 7.26. The van der Waals surface area contributed by atoms with Gasteiger partial charge in [-0.25, -0.2) is 4.79 Å². The maximum atomic E-state index is 12.2. The van der Waals surface area contributed by atoms with Crippen molar-refractivity contribution in [1.82, 2.24) is 0 Å². The van der Waals surface area contributed by atoms with Crippen LogP contribution >= 0.6 is 11.3 Å². The van der Waals surface area contributed by atoms with Gasteiger partial charge < -0.3 is 4.74 Å². The fourth-order valence-corrected chi connectivity index (χ4v) is 5.01. The number of benzene rings is 4. The second-order valence-corrected chi connectivity index (χ2v) is 8.01. The number of hydrogen-bond acceptors (Lipinski definition) is 3. The van der Waals surface area contributed by atoms with Gasteiger partial charge in [0.1, 0.15) is 0 Å². The first-order valence-electron chi connectivity index (χ1n) is 9.69. The van der Waals surface area contributed by atoms with Crippen molar-refractivity contribution in [2.24, 2.45) is 0 Å². The summed E-state index contributed by atoms with van der Waals surface area (Å²) in [6.45, 7) is 3.58. The van der Waals surface area contributed by atoms with Crippen LogP contribution in [0.5, 0.6) is 5.75 Å². The monoisotopic (exact) mass is 406 g/mol. The summed E-state index contributed by atoms with van der Waals surface area (Å²) in [7, 11) is 0. The van der Waals surface area contributed by atoms with Gasteiger partial charge in [-0.15, -0.1) is 11.3 Å². The molecular weight excluding hydrogens is 388 g/mol. The van der Waals surface area contributed by atoms with Gasteiger partial charge in [0.05, 0.1) is 4.70 Å². The van der Waals surface area contributed by atoms with Crippen LogP contribution in [0.1, 0.15) is 0 Å². The van der Waals surface area contributed by atoms with Crippen molar-refractivity contribution in [2.45, 2.75) is 0 Å². The lowest BCUT2D eigenvalue weighted by molar-refractivity contribution is -0.128. The van der Waals surface area contributed by atoms with E-state index in [2.05, 4.69) is 36.9 Å². The maximum absolute atomic E-state index is 12.2. The molecule has 0 unspecified atom stereocenters. The van der Waals surface area contributed by atoms with Crippen LogP contribution in [0.2, 0.25) is 0 Å². The van der Waals surface area contributed by atoms with Gasteiger partial charge in [-0.05, 0) is 28.8 Å². The molecule has 0 atom stereocenters. The molecule has 0 saturated heterocycles. The molecule has 30 heavy (non-hydrogen) atoms. The molecule has 0 bridgehead atoms. The Kier molecular flexibility index (Phi) is 4.66. The predicted molar refractivity (Wildman–Crippen MR) is 126 cm³/mol. The van der Waals surface area contributed by atoms with Crippen molar-refractivity contribution in [1.29, 1.82) is 0 Å². The Morgan fingerprint density at radius 1 is 0.800 bits per heavy atom. The molecule has 0 aliphatic rings. The SMILES string of the molecule is C=CC(=O)Oc1c(-c2ccccc2)cc(-c2ccccc2)c2c1sc1ccccc12. The summed E-state index contributed by atoms with van der Waals surface area (Å²) in [4.78, 5) is 12.2. The number of fused-ring (bicyclic) bond motifs is 3. The molecule has 3 heteroatoms. The van der Waals surface area contributed by atoms with Gasteiger partial charge in [0, 0.05) is 27.1 Å². The molecule has 0 radical (unpaired) electrons. The highest BCUT2D eigenvalue weighted by atomic mass is 32.1. The zero-order valence-corrected chi connectivity index (χ0v) is 17.0. The van der Waals surface area contributed by atoms with Crippen molar-refractivity contribution in [3.8, 4) is 28.0 Å². The Morgan fingerprint density at radius 2 is 1.40 bits per heavy atom. The largest absolute Gasteiger partial charge is 0.421 e. The standard InChI is InChI=1S/C27H18O2S/c1-2-24(28)29-26-22(19-13-7-4-8-14-19)17-21(18-11-5-3-6-12-18)25-20-15-9-10-16-23(20)30-27(25)26/h2-17H,1H2. The molecule has 0 aliphatic heterocycles. The highest BCUT2D eigenvalue weighted by Crippen LogP contribution is 2.49. The number of carbonyl (C=O) groups excluding carboxylic acids is 1. The van der Waals surface area contributed by atoms with Crippen molar-refractivity contribution < 1.29 is 9.53 Å². The van der Waals surface area contributed by atoms with Gasteiger partial charge >= 0.3 is 5.97 Å². The Bertz CT molecular complexity index is 1380. The topological polar surface area (TPSA) is 26.3 Å². The Morgan fingerprint density at radius 3 is 2.07 bits per heavy atom. The van der Waals surface area contributed by atoms with E-state index < -0.39 is 5.97 Å². The molecule has 1 aromatic heterocycles. The van der Waals surface area contributed by atoms with Gasteiger partial charge in [0.2, 0.25) is 0 Å². The summed E-state index contributed by atoms with van der Waals surface area (Å²) < 4.78 is 7.96. The molecule has 0 amide bonds. The molecule has 2 nitrogen and oxygen atoms in total. The van der Waals surface area contributed by atoms with Gasteiger partial charge in [0.25, 0.3) is 0 Å². The van der Waals surface area contributed by atoms with Crippen molar-refractivity contribution >= 4 is 37.5 Å². The van der Waals surface area contributed by atoms with E-state index in [1.54, 1.807) is 11.3 Å². The predicted octanol–water partition coefficient (Wildman–Crippen LogP) is 7.48. The van der Waals surface area contributed by atoms with E-state index in [0.717, 1.165) is 42.4 Å². The van der Waals surface area contributed by atoms with Crippen LogP contribution in [0.3, 0.4) is 0 Å². The first-order valence-corrected chi connectivity index (χ1v) is 10.5. The third-order valence-corrected chi connectivity index (χ3v) is 6.31. The highest BCUT2D eigenvalue weighted by Gasteiger charge is 2.21. The summed E-state index contributed by atoms with van der Waals surface area (Å²) in [5.41, 5.74) is 4.15. The average Bonchev–Trinajstić information content (AvgIpc) is 3.20. The number of hydrogen-bond donors (Lipinski definition) is 0. The minimum absolute atomic E-state index is 0.460. The minimum Gasteiger partial charge on any atom is -0.421 e. The summed E-state index contributed by atoms with van der Waals surface area (Å²) in [5.74, 6) is 0.125. The quantitative estimate of drug-likeness (QED) is 0.176.